The van der Waals surface area contributed by atoms with E-state index in [1.165, 1.54) is 0 Å². The normalized spacial score (nSPS) is 10.8. The Morgan fingerprint density at radius 1 is 1.33 bits per heavy atom. The lowest BCUT2D eigenvalue weighted by Crippen LogP contribution is -2.10. The van der Waals surface area contributed by atoms with Gasteiger partial charge >= 0.3 is 0 Å². The van der Waals surface area contributed by atoms with Crippen molar-refractivity contribution >= 4 is 40.2 Å². The Morgan fingerprint density at radius 2 is 2.06 bits per heavy atom. The molecule has 4 nitrogen and oxygen atoms in total. The van der Waals surface area contributed by atoms with E-state index in [9.17, 15) is 0 Å². The predicted octanol–water partition coefficient (Wildman–Crippen LogP) is 3.37. The van der Waals surface area contributed by atoms with Gasteiger partial charge in [-0.1, -0.05) is 28.1 Å². The zero-order valence-electron chi connectivity index (χ0n) is 9.67. The van der Waals surface area contributed by atoms with E-state index in [0.717, 1.165) is 15.9 Å². The highest BCUT2D eigenvalue weighted by atomic mass is 79.9. The van der Waals surface area contributed by atoms with Gasteiger partial charge in [0.15, 0.2) is 4.77 Å². The fourth-order valence-corrected chi connectivity index (χ4v) is 1.74. The van der Waals surface area contributed by atoms with Crippen LogP contribution in [0.2, 0.25) is 0 Å². The maximum Gasteiger partial charge on any atom is 0.198 e. The van der Waals surface area contributed by atoms with Crippen molar-refractivity contribution in [1.82, 2.24) is 9.97 Å². The summed E-state index contributed by atoms with van der Waals surface area (Å²) in [6, 6.07) is 9.73. The second kappa shape index (κ2) is 5.88. The van der Waals surface area contributed by atoms with Crippen LogP contribution >= 0.6 is 28.1 Å². The first-order valence-electron chi connectivity index (χ1n) is 5.24. The molecule has 0 aliphatic rings. The van der Waals surface area contributed by atoms with E-state index in [2.05, 4.69) is 31.0 Å². The van der Waals surface area contributed by atoms with Crippen LogP contribution in [-0.4, -0.2) is 23.2 Å². The van der Waals surface area contributed by atoms with Crippen LogP contribution in [0.25, 0.3) is 0 Å². The molecule has 2 aromatic rings. The van der Waals surface area contributed by atoms with E-state index in [0.29, 0.717) is 4.77 Å². The van der Waals surface area contributed by atoms with Gasteiger partial charge in [-0.3, -0.25) is 5.01 Å². The number of hydrogen-bond donors (Lipinski definition) is 1. The fourth-order valence-electron chi connectivity index (χ4n) is 1.31. The van der Waals surface area contributed by atoms with E-state index in [4.69, 9.17) is 12.2 Å². The van der Waals surface area contributed by atoms with Crippen LogP contribution < -0.4 is 5.01 Å². The van der Waals surface area contributed by atoms with Gasteiger partial charge in [-0.05, 0) is 36.0 Å². The SMILES string of the molecule is CN(N=Cc1ccc(Br)cc1)c1ccnc(=S)[nH]1. The molecule has 1 aromatic carbocycles. The molecule has 0 spiro atoms. The molecule has 0 saturated carbocycles. The van der Waals surface area contributed by atoms with Crippen LogP contribution in [0.1, 0.15) is 5.56 Å². The summed E-state index contributed by atoms with van der Waals surface area (Å²) in [4.78, 5) is 6.89. The second-order valence-corrected chi connectivity index (χ2v) is 4.88. The fraction of sp³-hybridized carbons (Fsp3) is 0.0833. The Morgan fingerprint density at radius 3 is 2.72 bits per heavy atom. The van der Waals surface area contributed by atoms with Gasteiger partial charge in [0, 0.05) is 17.7 Å². The highest BCUT2D eigenvalue weighted by Crippen LogP contribution is 2.10. The minimum absolute atomic E-state index is 0.443. The van der Waals surface area contributed by atoms with Crippen molar-refractivity contribution in [3.05, 3.63) is 51.3 Å². The van der Waals surface area contributed by atoms with Crippen molar-refractivity contribution in [1.29, 1.82) is 0 Å². The summed E-state index contributed by atoms with van der Waals surface area (Å²) in [5.74, 6) is 0.795. The summed E-state index contributed by atoms with van der Waals surface area (Å²) < 4.78 is 1.49. The minimum atomic E-state index is 0.443. The van der Waals surface area contributed by atoms with Gasteiger partial charge in [-0.2, -0.15) is 5.10 Å². The molecule has 0 saturated heterocycles. The summed E-state index contributed by atoms with van der Waals surface area (Å²) in [5, 5.41) is 6.03. The predicted molar refractivity (Wildman–Crippen MR) is 79.6 cm³/mol. The lowest BCUT2D eigenvalue weighted by molar-refractivity contribution is 0.960. The average Bonchev–Trinajstić information content (AvgIpc) is 2.38. The lowest BCUT2D eigenvalue weighted by Gasteiger charge is -2.11. The molecule has 0 amide bonds. The number of nitrogens with one attached hydrogen (secondary N) is 1. The molecular weight excluding hydrogens is 312 g/mol. The summed E-state index contributed by atoms with van der Waals surface area (Å²) in [6.07, 6.45) is 3.43. The zero-order valence-corrected chi connectivity index (χ0v) is 12.1. The van der Waals surface area contributed by atoms with Gasteiger partial charge in [-0.25, -0.2) is 4.98 Å². The molecule has 0 fully saturated rings. The summed E-state index contributed by atoms with van der Waals surface area (Å²) in [5.41, 5.74) is 1.03. The first-order valence-corrected chi connectivity index (χ1v) is 6.44. The van der Waals surface area contributed by atoms with Gasteiger partial charge in [-0.15, -0.1) is 0 Å². The van der Waals surface area contributed by atoms with Gasteiger partial charge in [0.1, 0.15) is 5.82 Å². The van der Waals surface area contributed by atoms with E-state index < -0.39 is 0 Å². The standard InChI is InChI=1S/C12H11BrN4S/c1-17(11-6-7-14-12(18)16-11)15-8-9-2-4-10(13)5-3-9/h2-8H,1H3,(H,14,16,18). The summed E-state index contributed by atoms with van der Waals surface area (Å²) in [6.45, 7) is 0. The monoisotopic (exact) mass is 322 g/mol. The molecule has 0 radical (unpaired) electrons. The van der Waals surface area contributed by atoms with Crippen LogP contribution in [0.4, 0.5) is 5.82 Å². The van der Waals surface area contributed by atoms with E-state index in [-0.39, 0.29) is 0 Å². The quantitative estimate of drug-likeness (QED) is 0.535. The van der Waals surface area contributed by atoms with Crippen molar-refractivity contribution in [3.8, 4) is 0 Å². The number of H-pyrrole nitrogens is 1. The molecule has 0 atom stereocenters. The summed E-state index contributed by atoms with van der Waals surface area (Å²) in [7, 11) is 1.84. The molecule has 92 valence electrons. The Balaban J connectivity index is 2.14. The third-order valence-electron chi connectivity index (χ3n) is 2.26. The summed E-state index contributed by atoms with van der Waals surface area (Å²) >= 11 is 8.35. The number of anilines is 1. The molecular formula is C12H11BrN4S. The van der Waals surface area contributed by atoms with Gasteiger partial charge in [0.05, 0.1) is 6.21 Å². The largest absolute Gasteiger partial charge is 0.316 e. The molecule has 0 unspecified atom stereocenters. The van der Waals surface area contributed by atoms with Crippen LogP contribution in [0.5, 0.6) is 0 Å². The zero-order chi connectivity index (χ0) is 13.0. The Kier molecular flexibility index (Phi) is 4.22. The number of benzene rings is 1. The Labute approximate surface area is 119 Å². The number of aromatic nitrogens is 2. The van der Waals surface area contributed by atoms with Crippen LogP contribution in [0.3, 0.4) is 0 Å². The van der Waals surface area contributed by atoms with Gasteiger partial charge < -0.3 is 4.98 Å². The van der Waals surface area contributed by atoms with Crippen molar-refractivity contribution in [3.63, 3.8) is 0 Å². The average molecular weight is 323 g/mol. The lowest BCUT2D eigenvalue weighted by atomic mass is 10.2. The molecule has 1 aromatic heterocycles. The first kappa shape index (κ1) is 12.9. The van der Waals surface area contributed by atoms with Crippen LogP contribution in [0.15, 0.2) is 46.1 Å². The smallest absolute Gasteiger partial charge is 0.198 e. The molecule has 0 aliphatic carbocycles. The van der Waals surface area contributed by atoms with E-state index in [1.807, 2.05) is 37.4 Å². The molecule has 1 heterocycles. The van der Waals surface area contributed by atoms with Crippen molar-refractivity contribution in [2.45, 2.75) is 0 Å². The van der Waals surface area contributed by atoms with Crippen LogP contribution in [-0.2, 0) is 0 Å². The topological polar surface area (TPSA) is 44.3 Å². The third-order valence-corrected chi connectivity index (χ3v) is 2.99. The molecule has 18 heavy (non-hydrogen) atoms. The Bertz CT molecular complexity index is 606. The molecule has 0 aliphatic heterocycles. The van der Waals surface area contributed by atoms with Crippen molar-refractivity contribution in [2.24, 2.45) is 5.10 Å². The highest BCUT2D eigenvalue weighted by molar-refractivity contribution is 9.10. The number of halogens is 1. The number of rotatable bonds is 3. The minimum Gasteiger partial charge on any atom is -0.316 e. The first-order chi connectivity index (χ1) is 8.65. The van der Waals surface area contributed by atoms with Crippen molar-refractivity contribution < 1.29 is 0 Å². The van der Waals surface area contributed by atoms with Crippen molar-refractivity contribution in [2.75, 3.05) is 12.1 Å². The molecule has 6 heteroatoms. The molecule has 2 rings (SSSR count). The number of hydrogen-bond acceptors (Lipinski definition) is 4. The third kappa shape index (κ3) is 3.48. The number of aromatic amines is 1. The maximum atomic E-state index is 4.96. The molecule has 0 bridgehead atoms. The second-order valence-electron chi connectivity index (χ2n) is 3.58. The van der Waals surface area contributed by atoms with Gasteiger partial charge in [0.2, 0.25) is 0 Å². The van der Waals surface area contributed by atoms with Gasteiger partial charge in [0.25, 0.3) is 0 Å². The number of hydrazone groups is 1. The highest BCUT2D eigenvalue weighted by Gasteiger charge is 1.97. The van der Waals surface area contributed by atoms with E-state index in [1.54, 1.807) is 17.4 Å². The Hall–Kier alpha value is -1.53. The maximum absolute atomic E-state index is 4.96. The number of nitrogens with zero attached hydrogens (tertiary/aromatic N) is 3. The van der Waals surface area contributed by atoms with E-state index >= 15 is 0 Å². The molecule has 1 N–H and O–H groups in total. The van der Waals surface area contributed by atoms with Crippen LogP contribution in [0, 0.1) is 4.77 Å².